The molecule has 1 N–H and O–H groups in total. The Morgan fingerprint density at radius 3 is 2.47 bits per heavy atom. The van der Waals surface area contributed by atoms with Gasteiger partial charge in [0.2, 0.25) is 0 Å². The van der Waals surface area contributed by atoms with Crippen molar-refractivity contribution in [3.8, 4) is 0 Å². The van der Waals surface area contributed by atoms with Crippen molar-refractivity contribution in [2.24, 2.45) is 0 Å². The minimum absolute atomic E-state index is 0. The molecule has 0 bridgehead atoms. The van der Waals surface area contributed by atoms with Crippen molar-refractivity contribution in [3.05, 3.63) is 0 Å². The van der Waals surface area contributed by atoms with E-state index in [0.29, 0.717) is 0 Å². The molecule has 0 aromatic rings. The largest absolute Gasteiger partial charge is 0.312 e. The average Bonchev–Trinajstić information content (AvgIpc) is 2.18. The standard InChI is InChI=1S/C13H27N.ClH/c1-3-4-5-6-7-10-13-11-8-9-12(2)14-13;/h12-14H,3-11H2,1-2H3;1H/t12-,13-;/m0./s1. The van der Waals surface area contributed by atoms with Crippen molar-refractivity contribution in [2.45, 2.75) is 83.7 Å². The van der Waals surface area contributed by atoms with Crippen LogP contribution in [0.1, 0.15) is 71.6 Å². The smallest absolute Gasteiger partial charge is 0.00695 e. The van der Waals surface area contributed by atoms with Crippen LogP contribution in [-0.4, -0.2) is 12.1 Å². The number of unbranched alkanes of at least 4 members (excludes halogenated alkanes) is 4. The fourth-order valence-corrected chi connectivity index (χ4v) is 2.46. The van der Waals surface area contributed by atoms with Crippen LogP contribution in [0.15, 0.2) is 0 Å². The summed E-state index contributed by atoms with van der Waals surface area (Å²) >= 11 is 0. The highest BCUT2D eigenvalue weighted by atomic mass is 35.5. The van der Waals surface area contributed by atoms with E-state index in [2.05, 4.69) is 19.2 Å². The molecule has 0 amide bonds. The lowest BCUT2D eigenvalue weighted by Gasteiger charge is -2.28. The van der Waals surface area contributed by atoms with Crippen LogP contribution in [0.25, 0.3) is 0 Å². The van der Waals surface area contributed by atoms with Gasteiger partial charge in [0, 0.05) is 12.1 Å². The monoisotopic (exact) mass is 233 g/mol. The van der Waals surface area contributed by atoms with E-state index in [-0.39, 0.29) is 12.4 Å². The van der Waals surface area contributed by atoms with Gasteiger partial charge in [-0.1, -0.05) is 45.4 Å². The molecule has 0 aromatic carbocycles. The molecule has 2 atom stereocenters. The summed E-state index contributed by atoms with van der Waals surface area (Å²) in [5.74, 6) is 0. The third-order valence-corrected chi connectivity index (χ3v) is 3.37. The summed E-state index contributed by atoms with van der Waals surface area (Å²) in [4.78, 5) is 0. The Morgan fingerprint density at radius 2 is 1.80 bits per heavy atom. The number of halogens is 1. The summed E-state index contributed by atoms with van der Waals surface area (Å²) in [5, 5.41) is 3.71. The Labute approximate surface area is 102 Å². The van der Waals surface area contributed by atoms with E-state index >= 15 is 0 Å². The Morgan fingerprint density at radius 1 is 1.07 bits per heavy atom. The minimum Gasteiger partial charge on any atom is -0.312 e. The molecule has 0 saturated carbocycles. The lowest BCUT2D eigenvalue weighted by atomic mass is 9.95. The molecule has 0 unspecified atom stereocenters. The van der Waals surface area contributed by atoms with Gasteiger partial charge in [0.05, 0.1) is 0 Å². The Balaban J connectivity index is 0.00000196. The van der Waals surface area contributed by atoms with Crippen LogP contribution in [0.3, 0.4) is 0 Å². The van der Waals surface area contributed by atoms with E-state index in [0.717, 1.165) is 12.1 Å². The highest BCUT2D eigenvalue weighted by molar-refractivity contribution is 5.85. The maximum atomic E-state index is 3.71. The van der Waals surface area contributed by atoms with Gasteiger partial charge < -0.3 is 5.32 Å². The summed E-state index contributed by atoms with van der Waals surface area (Å²) in [5.41, 5.74) is 0. The second-order valence-corrected chi connectivity index (χ2v) is 4.90. The maximum Gasteiger partial charge on any atom is 0.00695 e. The molecule has 0 aliphatic carbocycles. The summed E-state index contributed by atoms with van der Waals surface area (Å²) in [6.07, 6.45) is 12.8. The molecule has 2 heteroatoms. The van der Waals surface area contributed by atoms with Gasteiger partial charge >= 0.3 is 0 Å². The number of hydrogen-bond donors (Lipinski definition) is 1. The lowest BCUT2D eigenvalue weighted by molar-refractivity contribution is 0.315. The molecular weight excluding hydrogens is 206 g/mol. The SMILES string of the molecule is CCCCCCC[C@H]1CCC[C@H](C)N1.Cl. The molecule has 1 heterocycles. The summed E-state index contributed by atoms with van der Waals surface area (Å²) < 4.78 is 0. The maximum absolute atomic E-state index is 3.71. The van der Waals surface area contributed by atoms with Crippen LogP contribution >= 0.6 is 12.4 Å². The molecule has 0 spiro atoms. The molecule has 1 nitrogen and oxygen atoms in total. The van der Waals surface area contributed by atoms with Crippen molar-refractivity contribution >= 4 is 12.4 Å². The minimum atomic E-state index is 0. The highest BCUT2D eigenvalue weighted by Gasteiger charge is 2.16. The third-order valence-electron chi connectivity index (χ3n) is 3.37. The summed E-state index contributed by atoms with van der Waals surface area (Å²) in [6.45, 7) is 4.60. The van der Waals surface area contributed by atoms with Gasteiger partial charge in [-0.15, -0.1) is 12.4 Å². The molecule has 0 radical (unpaired) electrons. The van der Waals surface area contributed by atoms with Crippen molar-refractivity contribution in [3.63, 3.8) is 0 Å². The molecule has 15 heavy (non-hydrogen) atoms. The molecule has 1 aliphatic heterocycles. The molecule has 1 rings (SSSR count). The number of nitrogens with one attached hydrogen (secondary N) is 1. The third kappa shape index (κ3) is 7.19. The van der Waals surface area contributed by atoms with E-state index in [1.165, 1.54) is 57.8 Å². The second kappa shape index (κ2) is 9.47. The lowest BCUT2D eigenvalue weighted by Crippen LogP contribution is -2.40. The van der Waals surface area contributed by atoms with E-state index in [1.54, 1.807) is 0 Å². The zero-order valence-electron chi connectivity index (χ0n) is 10.4. The summed E-state index contributed by atoms with van der Waals surface area (Å²) in [7, 11) is 0. The molecular formula is C13H28ClN. The molecule has 1 aliphatic rings. The van der Waals surface area contributed by atoms with Gasteiger partial charge in [0.15, 0.2) is 0 Å². The fourth-order valence-electron chi connectivity index (χ4n) is 2.46. The average molecular weight is 234 g/mol. The number of piperidine rings is 1. The Bertz CT molecular complexity index is 138. The number of rotatable bonds is 6. The molecule has 1 fully saturated rings. The van der Waals surface area contributed by atoms with Gasteiger partial charge in [-0.25, -0.2) is 0 Å². The summed E-state index contributed by atoms with van der Waals surface area (Å²) in [6, 6.07) is 1.60. The van der Waals surface area contributed by atoms with E-state index < -0.39 is 0 Å². The normalized spacial score (nSPS) is 26.0. The fraction of sp³-hybridized carbons (Fsp3) is 1.00. The topological polar surface area (TPSA) is 12.0 Å². The van der Waals surface area contributed by atoms with Gasteiger partial charge in [-0.05, 0) is 26.2 Å². The van der Waals surface area contributed by atoms with Gasteiger partial charge in [0.25, 0.3) is 0 Å². The van der Waals surface area contributed by atoms with Gasteiger partial charge in [-0.3, -0.25) is 0 Å². The van der Waals surface area contributed by atoms with Crippen molar-refractivity contribution in [2.75, 3.05) is 0 Å². The van der Waals surface area contributed by atoms with Crippen LogP contribution in [-0.2, 0) is 0 Å². The quantitative estimate of drug-likeness (QED) is 0.675. The van der Waals surface area contributed by atoms with E-state index in [4.69, 9.17) is 0 Å². The van der Waals surface area contributed by atoms with Crippen molar-refractivity contribution in [1.29, 1.82) is 0 Å². The van der Waals surface area contributed by atoms with Crippen LogP contribution < -0.4 is 5.32 Å². The van der Waals surface area contributed by atoms with Gasteiger partial charge in [-0.2, -0.15) is 0 Å². The molecule has 1 saturated heterocycles. The first-order valence-corrected chi connectivity index (χ1v) is 6.59. The zero-order chi connectivity index (χ0) is 10.2. The molecule has 0 aromatic heterocycles. The predicted octanol–water partition coefficient (Wildman–Crippen LogP) is 4.30. The van der Waals surface area contributed by atoms with E-state index in [9.17, 15) is 0 Å². The van der Waals surface area contributed by atoms with Crippen LogP contribution in [0.4, 0.5) is 0 Å². The zero-order valence-corrected chi connectivity index (χ0v) is 11.2. The molecule has 92 valence electrons. The Kier molecular flexibility index (Phi) is 9.63. The predicted molar refractivity (Wildman–Crippen MR) is 70.9 cm³/mol. The van der Waals surface area contributed by atoms with Crippen LogP contribution in [0.2, 0.25) is 0 Å². The van der Waals surface area contributed by atoms with Crippen LogP contribution in [0.5, 0.6) is 0 Å². The second-order valence-electron chi connectivity index (χ2n) is 4.90. The van der Waals surface area contributed by atoms with E-state index in [1.807, 2.05) is 0 Å². The van der Waals surface area contributed by atoms with Crippen molar-refractivity contribution in [1.82, 2.24) is 5.32 Å². The highest BCUT2D eigenvalue weighted by Crippen LogP contribution is 2.17. The van der Waals surface area contributed by atoms with Crippen LogP contribution in [0, 0.1) is 0 Å². The Hall–Kier alpha value is 0.250. The first kappa shape index (κ1) is 15.2. The first-order valence-electron chi connectivity index (χ1n) is 6.59. The van der Waals surface area contributed by atoms with Crippen molar-refractivity contribution < 1.29 is 0 Å². The van der Waals surface area contributed by atoms with Gasteiger partial charge in [0.1, 0.15) is 0 Å². The number of hydrogen-bond acceptors (Lipinski definition) is 1. The first-order chi connectivity index (χ1) is 6.83.